The van der Waals surface area contributed by atoms with E-state index < -0.39 is 0 Å². The molecule has 0 radical (unpaired) electrons. The van der Waals surface area contributed by atoms with Crippen molar-refractivity contribution in [2.24, 2.45) is 4.99 Å². The molecule has 0 bridgehead atoms. The van der Waals surface area contributed by atoms with E-state index in [1.807, 2.05) is 6.07 Å². The van der Waals surface area contributed by atoms with E-state index in [1.54, 1.807) is 19.2 Å². The maximum absolute atomic E-state index is 13.4. The van der Waals surface area contributed by atoms with Crippen LogP contribution in [0.4, 0.5) is 4.39 Å². The predicted octanol–water partition coefficient (Wildman–Crippen LogP) is 1.71. The molecule has 1 aromatic carbocycles. The minimum atomic E-state index is -0.278. The number of guanidine groups is 1. The van der Waals surface area contributed by atoms with E-state index >= 15 is 0 Å². The monoisotopic (exact) mass is 409 g/mol. The van der Waals surface area contributed by atoms with Crippen LogP contribution in [-0.4, -0.2) is 39.2 Å². The molecule has 0 saturated heterocycles. The van der Waals surface area contributed by atoms with Gasteiger partial charge in [0.2, 0.25) is 0 Å². The lowest BCUT2D eigenvalue weighted by Crippen LogP contribution is -2.39. The van der Waals surface area contributed by atoms with Crippen LogP contribution in [-0.2, 0) is 16.0 Å². The zero-order valence-corrected chi connectivity index (χ0v) is 14.5. The van der Waals surface area contributed by atoms with Crippen LogP contribution in [0.5, 0.6) is 0 Å². The second-order valence-electron chi connectivity index (χ2n) is 4.09. The topological polar surface area (TPSA) is 62.7 Å². The van der Waals surface area contributed by atoms with Crippen LogP contribution in [0.2, 0.25) is 0 Å². The molecule has 0 aliphatic carbocycles. The van der Waals surface area contributed by atoms with Crippen molar-refractivity contribution in [3.05, 3.63) is 35.6 Å². The Morgan fingerprint density at radius 1 is 1.29 bits per heavy atom. The van der Waals surface area contributed by atoms with Gasteiger partial charge in [-0.25, -0.2) is 4.39 Å². The Bertz CT molecular complexity index is 469. The molecule has 1 rings (SSSR count). The molecule has 0 spiro atoms. The van der Waals surface area contributed by atoms with E-state index in [0.29, 0.717) is 31.0 Å². The molecule has 0 fully saturated rings. The SMILES string of the molecule is CN=C(NCCC(=O)OC)NCCc1ccccc1F.I. The highest BCUT2D eigenvalue weighted by Crippen LogP contribution is 2.05. The quantitative estimate of drug-likeness (QED) is 0.325. The van der Waals surface area contributed by atoms with Gasteiger partial charge in [0.15, 0.2) is 5.96 Å². The third kappa shape index (κ3) is 7.84. The fourth-order valence-electron chi connectivity index (χ4n) is 1.62. The van der Waals surface area contributed by atoms with Crippen molar-refractivity contribution in [1.29, 1.82) is 0 Å². The van der Waals surface area contributed by atoms with Gasteiger partial charge < -0.3 is 15.4 Å². The first kappa shape index (κ1) is 19.6. The van der Waals surface area contributed by atoms with Crippen LogP contribution in [0.15, 0.2) is 29.3 Å². The van der Waals surface area contributed by atoms with Crippen LogP contribution >= 0.6 is 24.0 Å². The second-order valence-corrected chi connectivity index (χ2v) is 4.09. The van der Waals surface area contributed by atoms with Gasteiger partial charge in [-0.3, -0.25) is 9.79 Å². The third-order valence-corrected chi connectivity index (χ3v) is 2.72. The number of halogens is 2. The predicted molar refractivity (Wildman–Crippen MR) is 91.5 cm³/mol. The average molecular weight is 409 g/mol. The summed E-state index contributed by atoms with van der Waals surface area (Å²) in [5, 5.41) is 6.04. The van der Waals surface area contributed by atoms with Crippen LogP contribution in [0, 0.1) is 5.82 Å². The first-order chi connectivity index (χ1) is 9.67. The van der Waals surface area contributed by atoms with Gasteiger partial charge in [0.05, 0.1) is 13.5 Å². The van der Waals surface area contributed by atoms with Crippen molar-refractivity contribution in [2.45, 2.75) is 12.8 Å². The number of benzene rings is 1. The molecule has 0 heterocycles. The molecule has 0 aliphatic heterocycles. The summed E-state index contributed by atoms with van der Waals surface area (Å²) < 4.78 is 17.9. The van der Waals surface area contributed by atoms with Crippen LogP contribution in [0.3, 0.4) is 0 Å². The van der Waals surface area contributed by atoms with Gasteiger partial charge in [-0.2, -0.15) is 0 Å². The Balaban J connectivity index is 0.00000400. The van der Waals surface area contributed by atoms with Crippen molar-refractivity contribution >= 4 is 35.9 Å². The Hall–Kier alpha value is -1.38. The van der Waals surface area contributed by atoms with E-state index in [4.69, 9.17) is 0 Å². The van der Waals surface area contributed by atoms with Gasteiger partial charge >= 0.3 is 5.97 Å². The molecule has 5 nitrogen and oxygen atoms in total. The number of ether oxygens (including phenoxy) is 1. The zero-order valence-electron chi connectivity index (χ0n) is 12.2. The largest absolute Gasteiger partial charge is 0.469 e. The number of carbonyl (C=O) groups excluding carboxylic acids is 1. The van der Waals surface area contributed by atoms with Crippen LogP contribution in [0.25, 0.3) is 0 Å². The fraction of sp³-hybridized carbons (Fsp3) is 0.429. The van der Waals surface area contributed by atoms with Gasteiger partial charge in [-0.15, -0.1) is 24.0 Å². The molecule has 118 valence electrons. The molecule has 0 aromatic heterocycles. The number of hydrogen-bond acceptors (Lipinski definition) is 3. The molecular weight excluding hydrogens is 388 g/mol. The standard InChI is InChI=1S/C14H20FN3O2.HI/c1-16-14(18-10-8-13(19)20-2)17-9-7-11-5-3-4-6-12(11)15;/h3-6H,7-10H2,1-2H3,(H2,16,17,18);1H. The van der Waals surface area contributed by atoms with Gasteiger partial charge in [0.1, 0.15) is 5.82 Å². The molecule has 7 heteroatoms. The van der Waals surface area contributed by atoms with E-state index in [1.165, 1.54) is 13.2 Å². The number of nitrogens with one attached hydrogen (secondary N) is 2. The third-order valence-electron chi connectivity index (χ3n) is 2.72. The Kier molecular flexibility index (Phi) is 10.6. The number of aliphatic imine (C=N–C) groups is 1. The number of rotatable bonds is 6. The summed E-state index contributed by atoms with van der Waals surface area (Å²) in [6.07, 6.45) is 0.828. The number of hydrogen-bond donors (Lipinski definition) is 2. The lowest BCUT2D eigenvalue weighted by Gasteiger charge is -2.11. The minimum Gasteiger partial charge on any atom is -0.469 e. The summed E-state index contributed by atoms with van der Waals surface area (Å²) in [7, 11) is 2.99. The zero-order chi connectivity index (χ0) is 14.8. The number of esters is 1. The molecule has 0 unspecified atom stereocenters. The summed E-state index contributed by atoms with van der Waals surface area (Å²) in [4.78, 5) is 15.0. The summed E-state index contributed by atoms with van der Waals surface area (Å²) in [5.74, 6) is 0.0903. The molecule has 0 aliphatic rings. The second kappa shape index (κ2) is 11.3. The highest BCUT2D eigenvalue weighted by Gasteiger charge is 2.03. The van der Waals surface area contributed by atoms with E-state index in [-0.39, 0.29) is 42.2 Å². The Labute approximate surface area is 141 Å². The maximum atomic E-state index is 13.4. The molecular formula is C14H21FIN3O2. The first-order valence-corrected chi connectivity index (χ1v) is 6.42. The lowest BCUT2D eigenvalue weighted by molar-refractivity contribution is -0.140. The van der Waals surface area contributed by atoms with Crippen LogP contribution < -0.4 is 10.6 Å². The smallest absolute Gasteiger partial charge is 0.307 e. The highest BCUT2D eigenvalue weighted by molar-refractivity contribution is 14.0. The lowest BCUT2D eigenvalue weighted by atomic mass is 10.1. The molecule has 21 heavy (non-hydrogen) atoms. The minimum absolute atomic E-state index is 0. The fourth-order valence-corrected chi connectivity index (χ4v) is 1.62. The summed E-state index contributed by atoms with van der Waals surface area (Å²) in [6, 6.07) is 6.67. The maximum Gasteiger partial charge on any atom is 0.307 e. The number of nitrogens with zero attached hydrogens (tertiary/aromatic N) is 1. The van der Waals surface area contributed by atoms with Crippen molar-refractivity contribution in [3.63, 3.8) is 0 Å². The molecule has 0 amide bonds. The van der Waals surface area contributed by atoms with Crippen molar-refractivity contribution in [3.8, 4) is 0 Å². The van der Waals surface area contributed by atoms with E-state index in [9.17, 15) is 9.18 Å². The van der Waals surface area contributed by atoms with E-state index in [2.05, 4.69) is 20.4 Å². The Morgan fingerprint density at radius 3 is 2.57 bits per heavy atom. The molecule has 1 aromatic rings. The van der Waals surface area contributed by atoms with Gasteiger partial charge in [-0.1, -0.05) is 18.2 Å². The van der Waals surface area contributed by atoms with Gasteiger partial charge in [-0.05, 0) is 18.1 Å². The van der Waals surface area contributed by atoms with Gasteiger partial charge in [0.25, 0.3) is 0 Å². The van der Waals surface area contributed by atoms with Gasteiger partial charge in [0, 0.05) is 20.1 Å². The van der Waals surface area contributed by atoms with Crippen molar-refractivity contribution in [1.82, 2.24) is 10.6 Å². The summed E-state index contributed by atoms with van der Waals surface area (Å²) in [6.45, 7) is 0.991. The molecule has 0 atom stereocenters. The number of carbonyl (C=O) groups is 1. The van der Waals surface area contributed by atoms with Crippen molar-refractivity contribution in [2.75, 3.05) is 27.2 Å². The number of methoxy groups -OCH3 is 1. The Morgan fingerprint density at radius 2 is 1.95 bits per heavy atom. The summed E-state index contributed by atoms with van der Waals surface area (Å²) >= 11 is 0. The van der Waals surface area contributed by atoms with Crippen LogP contribution in [0.1, 0.15) is 12.0 Å². The molecule has 2 N–H and O–H groups in total. The normalized spacial score (nSPS) is 10.5. The van der Waals surface area contributed by atoms with E-state index in [0.717, 1.165) is 0 Å². The highest BCUT2D eigenvalue weighted by atomic mass is 127. The molecule has 0 saturated carbocycles. The van der Waals surface area contributed by atoms with Crippen molar-refractivity contribution < 1.29 is 13.9 Å². The first-order valence-electron chi connectivity index (χ1n) is 6.42. The average Bonchev–Trinajstić information content (AvgIpc) is 2.47. The summed E-state index contributed by atoms with van der Waals surface area (Å²) in [5.41, 5.74) is 0.657.